The molecular formula is C12H18N4O3. The fourth-order valence-corrected chi connectivity index (χ4v) is 2.10. The van der Waals surface area contributed by atoms with Crippen molar-refractivity contribution in [2.45, 2.75) is 13.3 Å². The maximum absolute atomic E-state index is 12.1. The number of anilines is 1. The highest BCUT2D eigenvalue weighted by atomic mass is 16.4. The Labute approximate surface area is 111 Å². The lowest BCUT2D eigenvalue weighted by molar-refractivity contribution is 0.0692. The van der Waals surface area contributed by atoms with Crippen molar-refractivity contribution in [3.8, 4) is 0 Å². The minimum atomic E-state index is -1.08. The predicted octanol–water partition coefficient (Wildman–Crippen LogP) is 0.849. The Morgan fingerprint density at radius 2 is 2.16 bits per heavy atom. The molecule has 0 aliphatic carbocycles. The number of nitrogens with one attached hydrogen (secondary N) is 3. The van der Waals surface area contributed by atoms with E-state index in [2.05, 4.69) is 15.6 Å². The number of carboxylic acids is 1. The van der Waals surface area contributed by atoms with Gasteiger partial charge in [-0.15, -0.1) is 0 Å². The summed E-state index contributed by atoms with van der Waals surface area (Å²) in [6.07, 6.45) is 0.894. The Balaban J connectivity index is 2.07. The van der Waals surface area contributed by atoms with Gasteiger partial charge in [-0.25, -0.2) is 9.59 Å². The van der Waals surface area contributed by atoms with Crippen LogP contribution in [0.4, 0.5) is 10.5 Å². The number of amides is 2. The number of hydrogen-bond acceptors (Lipinski definition) is 3. The van der Waals surface area contributed by atoms with Crippen molar-refractivity contribution in [2.24, 2.45) is 0 Å². The van der Waals surface area contributed by atoms with E-state index >= 15 is 0 Å². The summed E-state index contributed by atoms with van der Waals surface area (Å²) < 4.78 is 0. The number of nitrogens with zero attached hydrogens (tertiary/aromatic N) is 1. The molecule has 1 aromatic heterocycles. The zero-order valence-corrected chi connectivity index (χ0v) is 10.8. The first kappa shape index (κ1) is 13.4. The van der Waals surface area contributed by atoms with Gasteiger partial charge in [0.15, 0.2) is 0 Å². The zero-order chi connectivity index (χ0) is 13.8. The lowest BCUT2D eigenvalue weighted by atomic mass is 10.3. The van der Waals surface area contributed by atoms with E-state index in [4.69, 9.17) is 5.11 Å². The second-order valence-corrected chi connectivity index (χ2v) is 4.57. The number of rotatable bonds is 2. The van der Waals surface area contributed by atoms with Crippen LogP contribution in [0.1, 0.15) is 22.6 Å². The van der Waals surface area contributed by atoms with Crippen LogP contribution in [0.2, 0.25) is 0 Å². The molecule has 0 atom stereocenters. The van der Waals surface area contributed by atoms with Crippen LogP contribution in [0.25, 0.3) is 0 Å². The molecule has 19 heavy (non-hydrogen) atoms. The molecule has 0 radical (unpaired) electrons. The van der Waals surface area contributed by atoms with Gasteiger partial charge in [-0.05, 0) is 26.0 Å². The number of aromatic amines is 1. The molecule has 0 saturated carbocycles. The highest BCUT2D eigenvalue weighted by molar-refractivity contribution is 5.99. The van der Waals surface area contributed by atoms with E-state index in [0.29, 0.717) is 24.5 Å². The largest absolute Gasteiger partial charge is 0.477 e. The summed E-state index contributed by atoms with van der Waals surface area (Å²) in [5, 5.41) is 14.9. The topological polar surface area (TPSA) is 97.5 Å². The van der Waals surface area contributed by atoms with Crippen molar-refractivity contribution in [3.63, 3.8) is 0 Å². The lowest BCUT2D eigenvalue weighted by Gasteiger charge is -2.20. The number of H-pyrrole nitrogens is 1. The van der Waals surface area contributed by atoms with Crippen LogP contribution in [0, 0.1) is 6.92 Å². The van der Waals surface area contributed by atoms with E-state index in [9.17, 15) is 9.59 Å². The van der Waals surface area contributed by atoms with Gasteiger partial charge in [-0.2, -0.15) is 0 Å². The third-order valence-corrected chi connectivity index (χ3v) is 3.04. The van der Waals surface area contributed by atoms with Crippen LogP contribution in [-0.2, 0) is 0 Å². The maximum atomic E-state index is 12.1. The average molecular weight is 266 g/mol. The quantitative estimate of drug-likeness (QED) is 0.638. The predicted molar refractivity (Wildman–Crippen MR) is 70.6 cm³/mol. The molecule has 1 fully saturated rings. The standard InChI is InChI=1S/C12H18N4O3/c1-8-7-9(10(14-8)11(17)18)15-12(19)16-5-2-3-13-4-6-16/h7,13-14H,2-6H2,1H3,(H,15,19)(H,17,18). The monoisotopic (exact) mass is 266 g/mol. The van der Waals surface area contributed by atoms with Crippen molar-refractivity contribution in [1.82, 2.24) is 15.2 Å². The van der Waals surface area contributed by atoms with Gasteiger partial charge < -0.3 is 25.6 Å². The SMILES string of the molecule is Cc1cc(NC(=O)N2CCCNCC2)c(C(=O)O)[nH]1. The Morgan fingerprint density at radius 3 is 2.89 bits per heavy atom. The molecule has 1 saturated heterocycles. The first-order valence-corrected chi connectivity index (χ1v) is 6.27. The van der Waals surface area contributed by atoms with Crippen molar-refractivity contribution in [3.05, 3.63) is 17.5 Å². The molecule has 0 unspecified atom stereocenters. The Kier molecular flexibility index (Phi) is 4.06. The molecule has 0 aromatic carbocycles. The van der Waals surface area contributed by atoms with Crippen molar-refractivity contribution >= 4 is 17.7 Å². The summed E-state index contributed by atoms with van der Waals surface area (Å²) in [5.74, 6) is -1.08. The molecule has 104 valence electrons. The van der Waals surface area contributed by atoms with Crippen LogP contribution in [0.5, 0.6) is 0 Å². The number of carboxylic acid groups (broad SMARTS) is 1. The Hall–Kier alpha value is -2.02. The van der Waals surface area contributed by atoms with E-state index in [1.165, 1.54) is 0 Å². The van der Waals surface area contributed by atoms with Crippen LogP contribution in [0.3, 0.4) is 0 Å². The second-order valence-electron chi connectivity index (χ2n) is 4.57. The van der Waals surface area contributed by atoms with Crippen LogP contribution >= 0.6 is 0 Å². The highest BCUT2D eigenvalue weighted by Crippen LogP contribution is 2.17. The molecule has 2 heterocycles. The number of urea groups is 1. The molecule has 2 amide bonds. The zero-order valence-electron chi connectivity index (χ0n) is 10.8. The third kappa shape index (κ3) is 3.25. The lowest BCUT2D eigenvalue weighted by Crippen LogP contribution is -2.37. The fraction of sp³-hybridized carbons (Fsp3) is 0.500. The van der Waals surface area contributed by atoms with Gasteiger partial charge in [0.05, 0.1) is 5.69 Å². The van der Waals surface area contributed by atoms with Crippen molar-refractivity contribution in [2.75, 3.05) is 31.5 Å². The number of aromatic carboxylic acids is 1. The molecule has 1 aliphatic rings. The first-order valence-electron chi connectivity index (χ1n) is 6.27. The van der Waals surface area contributed by atoms with Gasteiger partial charge in [0.2, 0.25) is 0 Å². The minimum Gasteiger partial charge on any atom is -0.477 e. The molecule has 4 N–H and O–H groups in total. The molecule has 1 aliphatic heterocycles. The maximum Gasteiger partial charge on any atom is 0.354 e. The van der Waals surface area contributed by atoms with E-state index in [0.717, 1.165) is 19.5 Å². The molecule has 7 nitrogen and oxygen atoms in total. The first-order chi connectivity index (χ1) is 9.08. The van der Waals surface area contributed by atoms with Crippen molar-refractivity contribution < 1.29 is 14.7 Å². The third-order valence-electron chi connectivity index (χ3n) is 3.04. The second kappa shape index (κ2) is 5.75. The highest BCUT2D eigenvalue weighted by Gasteiger charge is 2.19. The fourth-order valence-electron chi connectivity index (χ4n) is 2.10. The van der Waals surface area contributed by atoms with Gasteiger partial charge in [0, 0.05) is 25.3 Å². The van der Waals surface area contributed by atoms with Crippen LogP contribution < -0.4 is 10.6 Å². The summed E-state index contributed by atoms with van der Waals surface area (Å²) >= 11 is 0. The van der Waals surface area contributed by atoms with E-state index in [1.807, 2.05) is 0 Å². The van der Waals surface area contributed by atoms with Crippen molar-refractivity contribution in [1.29, 1.82) is 0 Å². The van der Waals surface area contributed by atoms with E-state index < -0.39 is 5.97 Å². The number of aromatic nitrogens is 1. The molecule has 0 spiro atoms. The smallest absolute Gasteiger partial charge is 0.354 e. The molecule has 0 bridgehead atoms. The van der Waals surface area contributed by atoms with Gasteiger partial charge in [0.1, 0.15) is 5.69 Å². The molecular weight excluding hydrogens is 248 g/mol. The summed E-state index contributed by atoms with van der Waals surface area (Å²) in [6.45, 7) is 4.69. The minimum absolute atomic E-state index is 0.0128. The Bertz CT molecular complexity index is 475. The number of hydrogen-bond donors (Lipinski definition) is 4. The van der Waals surface area contributed by atoms with Gasteiger partial charge in [0.25, 0.3) is 0 Å². The summed E-state index contributed by atoms with van der Waals surface area (Å²) in [7, 11) is 0. The van der Waals surface area contributed by atoms with Crippen LogP contribution in [0.15, 0.2) is 6.07 Å². The van der Waals surface area contributed by atoms with Gasteiger partial charge >= 0.3 is 12.0 Å². The Morgan fingerprint density at radius 1 is 1.37 bits per heavy atom. The van der Waals surface area contributed by atoms with Crippen LogP contribution in [-0.4, -0.2) is 53.2 Å². The van der Waals surface area contributed by atoms with E-state index in [1.54, 1.807) is 17.9 Å². The molecule has 1 aromatic rings. The number of aryl methyl sites for hydroxylation is 1. The number of carbonyl (C=O) groups is 2. The average Bonchev–Trinajstić information content (AvgIpc) is 2.58. The molecule has 2 rings (SSSR count). The molecule has 7 heteroatoms. The number of carbonyl (C=O) groups excluding carboxylic acids is 1. The summed E-state index contributed by atoms with van der Waals surface area (Å²) in [6, 6.07) is 1.36. The van der Waals surface area contributed by atoms with Gasteiger partial charge in [-0.3, -0.25) is 0 Å². The van der Waals surface area contributed by atoms with Gasteiger partial charge in [-0.1, -0.05) is 0 Å². The summed E-state index contributed by atoms with van der Waals surface area (Å²) in [5.41, 5.74) is 1.02. The normalized spacial score (nSPS) is 15.9. The van der Waals surface area contributed by atoms with E-state index in [-0.39, 0.29) is 11.7 Å². The summed E-state index contributed by atoms with van der Waals surface area (Å²) in [4.78, 5) is 27.5.